The van der Waals surface area contributed by atoms with Gasteiger partial charge in [0.1, 0.15) is 0 Å². The van der Waals surface area contributed by atoms with E-state index in [1.165, 1.54) is 12.8 Å². The van der Waals surface area contributed by atoms with Gasteiger partial charge in [0, 0.05) is 17.1 Å². The van der Waals surface area contributed by atoms with Crippen LogP contribution in [0.2, 0.25) is 0 Å². The number of rotatable bonds is 5. The van der Waals surface area contributed by atoms with Crippen LogP contribution < -0.4 is 11.1 Å². The van der Waals surface area contributed by atoms with Crippen molar-refractivity contribution in [3.8, 4) is 0 Å². The molecule has 0 heterocycles. The molecule has 0 aromatic heterocycles. The molecular weight excluding hydrogens is 316 g/mol. The Balaban J connectivity index is 1.68. The van der Waals surface area contributed by atoms with Gasteiger partial charge in [-0.2, -0.15) is 0 Å². The fraction of sp³-hybridized carbons (Fsp3) is 0.562. The first-order valence-corrected chi connectivity index (χ1v) is 8.21. The zero-order chi connectivity index (χ0) is 14.2. The summed E-state index contributed by atoms with van der Waals surface area (Å²) in [6.45, 7) is 0.613. The minimum absolute atomic E-state index is 0.126. The first-order valence-electron chi connectivity index (χ1n) is 7.42. The van der Waals surface area contributed by atoms with Crippen molar-refractivity contribution in [2.75, 3.05) is 6.54 Å². The summed E-state index contributed by atoms with van der Waals surface area (Å²) in [5.74, 6) is 0.780. The fourth-order valence-corrected chi connectivity index (χ4v) is 3.28. The van der Waals surface area contributed by atoms with E-state index in [0.717, 1.165) is 29.3 Å². The van der Waals surface area contributed by atoms with Gasteiger partial charge in [-0.1, -0.05) is 34.5 Å². The molecule has 2 fully saturated rings. The molecule has 1 atom stereocenters. The number of nitrogens with two attached hydrogens (primary N) is 1. The molecule has 4 heteroatoms. The minimum atomic E-state index is -0.316. The molecule has 1 amide bonds. The van der Waals surface area contributed by atoms with Gasteiger partial charge in [0.15, 0.2) is 0 Å². The van der Waals surface area contributed by atoms with Crippen LogP contribution >= 0.6 is 15.9 Å². The van der Waals surface area contributed by atoms with Crippen LogP contribution in [0.3, 0.4) is 0 Å². The van der Waals surface area contributed by atoms with Crippen molar-refractivity contribution in [3.63, 3.8) is 0 Å². The summed E-state index contributed by atoms with van der Waals surface area (Å²) in [4.78, 5) is 12.6. The molecule has 3 nitrogen and oxygen atoms in total. The van der Waals surface area contributed by atoms with Crippen molar-refractivity contribution >= 4 is 21.8 Å². The van der Waals surface area contributed by atoms with Crippen molar-refractivity contribution < 1.29 is 4.79 Å². The molecule has 3 rings (SSSR count). The van der Waals surface area contributed by atoms with Gasteiger partial charge in [0.05, 0.1) is 5.41 Å². The van der Waals surface area contributed by atoms with E-state index in [4.69, 9.17) is 5.73 Å². The summed E-state index contributed by atoms with van der Waals surface area (Å²) < 4.78 is 1.05. The molecule has 1 unspecified atom stereocenters. The van der Waals surface area contributed by atoms with Crippen molar-refractivity contribution in [3.05, 3.63) is 34.3 Å². The first-order chi connectivity index (χ1) is 9.62. The average molecular weight is 337 g/mol. The van der Waals surface area contributed by atoms with E-state index in [1.807, 2.05) is 12.1 Å². The maximum Gasteiger partial charge on any atom is 0.230 e. The molecule has 108 valence electrons. The quantitative estimate of drug-likeness (QED) is 0.868. The van der Waals surface area contributed by atoms with E-state index in [9.17, 15) is 4.79 Å². The molecule has 0 saturated heterocycles. The van der Waals surface area contributed by atoms with Crippen LogP contribution in [0.1, 0.15) is 37.7 Å². The smallest absolute Gasteiger partial charge is 0.230 e. The van der Waals surface area contributed by atoms with Gasteiger partial charge in [0.25, 0.3) is 0 Å². The standard InChI is InChI=1S/C16H21BrN2O/c17-13-6-4-12(5-7-13)16(8-1-9-16)15(20)19-10-14(18)11-2-3-11/h4-7,11,14H,1-3,8-10,18H2,(H,19,20). The topological polar surface area (TPSA) is 55.1 Å². The maximum atomic E-state index is 12.6. The van der Waals surface area contributed by atoms with Crippen LogP contribution in [0.15, 0.2) is 28.7 Å². The third kappa shape index (κ3) is 2.63. The molecule has 3 N–H and O–H groups in total. The third-order valence-electron chi connectivity index (χ3n) is 4.76. The number of hydrogen-bond donors (Lipinski definition) is 2. The largest absolute Gasteiger partial charge is 0.354 e. The monoisotopic (exact) mass is 336 g/mol. The second-order valence-electron chi connectivity index (χ2n) is 6.15. The van der Waals surface area contributed by atoms with Crippen molar-refractivity contribution in [2.24, 2.45) is 11.7 Å². The Kier molecular flexibility index (Phi) is 3.87. The van der Waals surface area contributed by atoms with Crippen LogP contribution in [0, 0.1) is 5.92 Å². The molecule has 0 radical (unpaired) electrons. The second-order valence-corrected chi connectivity index (χ2v) is 7.07. The van der Waals surface area contributed by atoms with Crippen molar-refractivity contribution in [1.29, 1.82) is 0 Å². The summed E-state index contributed by atoms with van der Waals surface area (Å²) >= 11 is 3.44. The summed E-state index contributed by atoms with van der Waals surface area (Å²) in [5.41, 5.74) is 6.88. The SMILES string of the molecule is NC(CNC(=O)C1(c2ccc(Br)cc2)CCC1)C1CC1. The summed E-state index contributed by atoms with van der Waals surface area (Å²) in [5, 5.41) is 3.08. The molecule has 2 saturated carbocycles. The van der Waals surface area contributed by atoms with Crippen LogP contribution in [-0.4, -0.2) is 18.5 Å². The second kappa shape index (κ2) is 5.49. The van der Waals surface area contributed by atoms with Gasteiger partial charge in [-0.3, -0.25) is 4.79 Å². The van der Waals surface area contributed by atoms with Crippen molar-refractivity contribution in [2.45, 2.75) is 43.6 Å². The summed E-state index contributed by atoms with van der Waals surface area (Å²) in [6.07, 6.45) is 5.44. The summed E-state index contributed by atoms with van der Waals surface area (Å²) in [6, 6.07) is 8.27. The maximum absolute atomic E-state index is 12.6. The number of hydrogen-bond acceptors (Lipinski definition) is 2. The molecule has 1 aromatic carbocycles. The van der Waals surface area contributed by atoms with Crippen LogP contribution in [0.5, 0.6) is 0 Å². The van der Waals surface area contributed by atoms with E-state index in [-0.39, 0.29) is 17.4 Å². The van der Waals surface area contributed by atoms with Gasteiger partial charge < -0.3 is 11.1 Å². The van der Waals surface area contributed by atoms with Gasteiger partial charge >= 0.3 is 0 Å². The third-order valence-corrected chi connectivity index (χ3v) is 5.29. The Morgan fingerprint density at radius 1 is 1.35 bits per heavy atom. The Morgan fingerprint density at radius 2 is 2.00 bits per heavy atom. The number of amides is 1. The Morgan fingerprint density at radius 3 is 2.50 bits per heavy atom. The van der Waals surface area contributed by atoms with Gasteiger partial charge in [0.2, 0.25) is 5.91 Å². The molecule has 0 bridgehead atoms. The Bertz CT molecular complexity index is 492. The highest BCUT2D eigenvalue weighted by atomic mass is 79.9. The van der Waals surface area contributed by atoms with Crippen LogP contribution in [0.25, 0.3) is 0 Å². The van der Waals surface area contributed by atoms with E-state index >= 15 is 0 Å². The number of carbonyl (C=O) groups is 1. The highest BCUT2D eigenvalue weighted by molar-refractivity contribution is 9.10. The Hall–Kier alpha value is -0.870. The molecule has 0 spiro atoms. The number of benzene rings is 1. The Labute approximate surface area is 128 Å². The van der Waals surface area contributed by atoms with E-state index in [2.05, 4.69) is 33.4 Å². The van der Waals surface area contributed by atoms with Gasteiger partial charge in [-0.25, -0.2) is 0 Å². The first kappa shape index (κ1) is 14.1. The predicted molar refractivity (Wildman–Crippen MR) is 83.4 cm³/mol. The predicted octanol–water partition coefficient (Wildman–Crippen LogP) is 2.72. The highest BCUT2D eigenvalue weighted by Gasteiger charge is 2.45. The lowest BCUT2D eigenvalue weighted by Gasteiger charge is -2.41. The molecular formula is C16H21BrN2O. The lowest BCUT2D eigenvalue weighted by Crippen LogP contribution is -2.51. The van der Waals surface area contributed by atoms with E-state index in [1.54, 1.807) is 0 Å². The molecule has 20 heavy (non-hydrogen) atoms. The highest BCUT2D eigenvalue weighted by Crippen LogP contribution is 2.44. The molecule has 2 aliphatic rings. The number of halogens is 1. The van der Waals surface area contributed by atoms with E-state index < -0.39 is 0 Å². The van der Waals surface area contributed by atoms with Crippen LogP contribution in [0.4, 0.5) is 0 Å². The van der Waals surface area contributed by atoms with Crippen LogP contribution in [-0.2, 0) is 10.2 Å². The minimum Gasteiger partial charge on any atom is -0.354 e. The normalized spacial score (nSPS) is 21.9. The lowest BCUT2D eigenvalue weighted by molar-refractivity contribution is -0.130. The summed E-state index contributed by atoms with van der Waals surface area (Å²) in [7, 11) is 0. The van der Waals surface area contributed by atoms with Crippen molar-refractivity contribution in [1.82, 2.24) is 5.32 Å². The van der Waals surface area contributed by atoms with Gasteiger partial charge in [-0.05, 0) is 49.3 Å². The van der Waals surface area contributed by atoms with Gasteiger partial charge in [-0.15, -0.1) is 0 Å². The lowest BCUT2D eigenvalue weighted by atomic mass is 9.64. The molecule has 0 aliphatic heterocycles. The molecule has 2 aliphatic carbocycles. The number of nitrogens with one attached hydrogen (secondary N) is 1. The zero-order valence-corrected chi connectivity index (χ0v) is 13.2. The average Bonchev–Trinajstić information content (AvgIpc) is 3.21. The fourth-order valence-electron chi connectivity index (χ4n) is 3.02. The zero-order valence-electron chi connectivity index (χ0n) is 11.6. The number of carbonyl (C=O) groups excluding carboxylic acids is 1. The molecule has 1 aromatic rings. The van der Waals surface area contributed by atoms with E-state index in [0.29, 0.717) is 12.5 Å².